The molecule has 0 atom stereocenters. The third-order valence-electron chi connectivity index (χ3n) is 1.91. The van der Waals surface area contributed by atoms with Gasteiger partial charge in [-0.15, -0.1) is 0 Å². The molecule has 1 heterocycles. The zero-order chi connectivity index (χ0) is 10.7. The second kappa shape index (κ2) is 4.40. The van der Waals surface area contributed by atoms with Crippen LogP contribution in [0.25, 0.3) is 11.0 Å². The van der Waals surface area contributed by atoms with E-state index in [2.05, 4.69) is 37.8 Å². The summed E-state index contributed by atoms with van der Waals surface area (Å²) in [4.78, 5) is 8.70. The first-order chi connectivity index (χ1) is 7.25. The molecule has 0 radical (unpaired) electrons. The normalized spacial score (nSPS) is 10.2. The number of nitrogens with zero attached hydrogens (tertiary/aromatic N) is 2. The van der Waals surface area contributed by atoms with Crippen molar-refractivity contribution in [3.05, 3.63) is 41.5 Å². The molecule has 0 saturated heterocycles. The van der Waals surface area contributed by atoms with E-state index in [-0.39, 0.29) is 0 Å². The number of halogens is 1. The molecule has 1 N–H and O–H groups in total. The number of para-hydroxylation sites is 2. The van der Waals surface area contributed by atoms with Gasteiger partial charge in [0.15, 0.2) is 0 Å². The maximum atomic E-state index is 4.41. The summed E-state index contributed by atoms with van der Waals surface area (Å²) in [5.41, 5.74) is 1.79. The Balaban J connectivity index is 2.26. The summed E-state index contributed by atoms with van der Waals surface area (Å²) in [7, 11) is 0. The van der Waals surface area contributed by atoms with Gasteiger partial charge in [0, 0.05) is 11.0 Å². The molecule has 4 heteroatoms. The molecule has 0 fully saturated rings. The van der Waals surface area contributed by atoms with Gasteiger partial charge < -0.3 is 5.32 Å². The van der Waals surface area contributed by atoms with Crippen LogP contribution in [-0.2, 0) is 0 Å². The summed E-state index contributed by atoms with van der Waals surface area (Å²) in [5.74, 6) is 0.759. The number of rotatable bonds is 3. The number of hydrogen-bond donors (Lipinski definition) is 1. The largest absolute Gasteiger partial charge is 0.364 e. The Bertz CT molecular complexity index is 496. The average Bonchev–Trinajstić information content (AvgIpc) is 2.26. The second-order valence-electron chi connectivity index (χ2n) is 3.11. The quantitative estimate of drug-likeness (QED) is 0.926. The highest BCUT2D eigenvalue weighted by atomic mass is 79.9. The molecule has 0 saturated carbocycles. The molecule has 15 heavy (non-hydrogen) atoms. The van der Waals surface area contributed by atoms with Gasteiger partial charge in [-0.25, -0.2) is 4.98 Å². The van der Waals surface area contributed by atoms with E-state index in [0.29, 0.717) is 6.54 Å². The van der Waals surface area contributed by atoms with Crippen LogP contribution in [0.1, 0.15) is 0 Å². The third kappa shape index (κ3) is 2.53. The Hall–Kier alpha value is -1.42. The van der Waals surface area contributed by atoms with E-state index < -0.39 is 0 Å². The van der Waals surface area contributed by atoms with Crippen molar-refractivity contribution in [3.63, 3.8) is 0 Å². The van der Waals surface area contributed by atoms with Gasteiger partial charge in [0.1, 0.15) is 5.82 Å². The fourth-order valence-electron chi connectivity index (χ4n) is 1.23. The van der Waals surface area contributed by atoms with E-state index in [1.54, 1.807) is 6.20 Å². The first-order valence-corrected chi connectivity index (χ1v) is 5.34. The topological polar surface area (TPSA) is 37.8 Å². The molecule has 76 valence electrons. The van der Waals surface area contributed by atoms with Crippen LogP contribution in [-0.4, -0.2) is 16.5 Å². The van der Waals surface area contributed by atoms with Gasteiger partial charge in [-0.2, -0.15) is 0 Å². The van der Waals surface area contributed by atoms with E-state index in [1.165, 1.54) is 0 Å². The Labute approximate surface area is 96.4 Å². The lowest BCUT2D eigenvalue weighted by molar-refractivity contribution is 1.21. The van der Waals surface area contributed by atoms with Crippen molar-refractivity contribution >= 4 is 32.8 Å². The number of nitrogens with one attached hydrogen (secondary N) is 1. The Morgan fingerprint density at radius 1 is 1.33 bits per heavy atom. The maximum Gasteiger partial charge on any atom is 0.145 e. The molecule has 0 bridgehead atoms. The van der Waals surface area contributed by atoms with Gasteiger partial charge in [-0.05, 0) is 12.1 Å². The lowest BCUT2D eigenvalue weighted by Gasteiger charge is -2.04. The summed E-state index contributed by atoms with van der Waals surface area (Å²) < 4.78 is 0.887. The number of benzene rings is 1. The van der Waals surface area contributed by atoms with Crippen molar-refractivity contribution in [2.45, 2.75) is 0 Å². The van der Waals surface area contributed by atoms with Gasteiger partial charge in [-0.1, -0.05) is 34.6 Å². The van der Waals surface area contributed by atoms with Crippen molar-refractivity contribution in [3.8, 4) is 0 Å². The highest BCUT2D eigenvalue weighted by molar-refractivity contribution is 9.11. The average molecular weight is 264 g/mol. The van der Waals surface area contributed by atoms with E-state index in [0.717, 1.165) is 21.3 Å². The monoisotopic (exact) mass is 263 g/mol. The van der Waals surface area contributed by atoms with E-state index in [9.17, 15) is 0 Å². The molecule has 2 rings (SSSR count). The van der Waals surface area contributed by atoms with Gasteiger partial charge in [0.2, 0.25) is 0 Å². The highest BCUT2D eigenvalue weighted by Gasteiger charge is 1.98. The lowest BCUT2D eigenvalue weighted by atomic mass is 10.3. The number of hydrogen-bond acceptors (Lipinski definition) is 3. The second-order valence-corrected chi connectivity index (χ2v) is 4.24. The van der Waals surface area contributed by atoms with E-state index in [1.807, 2.05) is 24.3 Å². The van der Waals surface area contributed by atoms with Gasteiger partial charge in [0.25, 0.3) is 0 Å². The molecule has 3 nitrogen and oxygen atoms in total. The fraction of sp³-hybridized carbons (Fsp3) is 0.0909. The molecule has 1 aromatic carbocycles. The fourth-order valence-corrected chi connectivity index (χ4v) is 1.37. The zero-order valence-corrected chi connectivity index (χ0v) is 9.66. The number of anilines is 1. The van der Waals surface area contributed by atoms with Crippen molar-refractivity contribution in [1.82, 2.24) is 9.97 Å². The SMILES string of the molecule is C=C(Br)CNc1cnc2ccccc2n1. The van der Waals surface area contributed by atoms with Crippen molar-refractivity contribution < 1.29 is 0 Å². The number of fused-ring (bicyclic) bond motifs is 1. The molecule has 2 aromatic rings. The predicted molar refractivity (Wildman–Crippen MR) is 66.1 cm³/mol. The van der Waals surface area contributed by atoms with Crippen molar-refractivity contribution in [2.75, 3.05) is 11.9 Å². The molecule has 0 unspecified atom stereocenters. The van der Waals surface area contributed by atoms with Crippen LogP contribution in [0.2, 0.25) is 0 Å². The lowest BCUT2D eigenvalue weighted by Crippen LogP contribution is -2.03. The summed E-state index contributed by atoms with van der Waals surface area (Å²) in [6.07, 6.45) is 1.72. The first kappa shape index (κ1) is 10.1. The first-order valence-electron chi connectivity index (χ1n) is 4.54. The van der Waals surface area contributed by atoms with Crippen LogP contribution in [0.4, 0.5) is 5.82 Å². The standard InChI is InChI=1S/C11H10BrN3/c1-8(12)6-14-11-7-13-9-4-2-3-5-10(9)15-11/h2-5,7H,1,6H2,(H,14,15). The smallest absolute Gasteiger partial charge is 0.145 e. The molecule has 1 aromatic heterocycles. The molecule has 0 spiro atoms. The van der Waals surface area contributed by atoms with E-state index >= 15 is 0 Å². The Morgan fingerprint density at radius 2 is 2.07 bits per heavy atom. The van der Waals surface area contributed by atoms with Crippen molar-refractivity contribution in [2.24, 2.45) is 0 Å². The van der Waals surface area contributed by atoms with Gasteiger partial charge in [-0.3, -0.25) is 4.98 Å². The molecule has 0 aliphatic heterocycles. The van der Waals surface area contributed by atoms with Gasteiger partial charge >= 0.3 is 0 Å². The summed E-state index contributed by atoms with van der Waals surface area (Å²) in [6.45, 7) is 4.38. The minimum atomic E-state index is 0.646. The predicted octanol–water partition coefficient (Wildman–Crippen LogP) is 2.95. The van der Waals surface area contributed by atoms with Crippen LogP contribution < -0.4 is 5.32 Å². The minimum Gasteiger partial charge on any atom is -0.364 e. The maximum absolute atomic E-state index is 4.41. The van der Waals surface area contributed by atoms with Crippen molar-refractivity contribution in [1.29, 1.82) is 0 Å². The summed E-state index contributed by atoms with van der Waals surface area (Å²) in [6, 6.07) is 7.78. The number of aromatic nitrogens is 2. The summed E-state index contributed by atoms with van der Waals surface area (Å²) in [5, 5.41) is 3.12. The highest BCUT2D eigenvalue weighted by Crippen LogP contribution is 2.11. The van der Waals surface area contributed by atoms with Crippen LogP contribution in [0, 0.1) is 0 Å². The van der Waals surface area contributed by atoms with Crippen LogP contribution >= 0.6 is 15.9 Å². The van der Waals surface area contributed by atoms with Crippen LogP contribution in [0.15, 0.2) is 41.5 Å². The molecule has 0 aliphatic carbocycles. The van der Waals surface area contributed by atoms with E-state index in [4.69, 9.17) is 0 Å². The Morgan fingerprint density at radius 3 is 2.80 bits per heavy atom. The molecule has 0 amide bonds. The molecular weight excluding hydrogens is 254 g/mol. The van der Waals surface area contributed by atoms with Gasteiger partial charge in [0.05, 0.1) is 17.2 Å². The third-order valence-corrected chi connectivity index (χ3v) is 2.19. The zero-order valence-electron chi connectivity index (χ0n) is 8.07. The van der Waals surface area contributed by atoms with Crippen LogP contribution in [0.5, 0.6) is 0 Å². The van der Waals surface area contributed by atoms with Crippen LogP contribution in [0.3, 0.4) is 0 Å². The molecular formula is C11H10BrN3. The minimum absolute atomic E-state index is 0.646. The summed E-state index contributed by atoms with van der Waals surface area (Å²) >= 11 is 3.28. The molecule has 0 aliphatic rings. The Kier molecular flexibility index (Phi) is 2.97.